The quantitative estimate of drug-likeness (QED) is 0.484. The lowest BCUT2D eigenvalue weighted by Crippen LogP contribution is -1.83. The molecular formula is C8H6FNS. The fourth-order valence-electron chi connectivity index (χ4n) is 0.734. The van der Waals surface area contributed by atoms with Crippen molar-refractivity contribution < 1.29 is 4.39 Å². The van der Waals surface area contributed by atoms with Gasteiger partial charge in [-0.2, -0.15) is 12.6 Å². The molecule has 1 aromatic rings. The van der Waals surface area contributed by atoms with Crippen LogP contribution in [0.2, 0.25) is 0 Å². The largest absolute Gasteiger partial charge is 0.238 e. The van der Waals surface area contributed by atoms with E-state index < -0.39 is 0 Å². The average molecular weight is 167 g/mol. The van der Waals surface area contributed by atoms with Gasteiger partial charge in [0.25, 0.3) is 0 Å². The fraction of sp³-hybridized carbons (Fsp3) is 0.125. The Morgan fingerprint density at radius 1 is 1.55 bits per heavy atom. The van der Waals surface area contributed by atoms with Crippen LogP contribution < -0.4 is 0 Å². The molecule has 0 aromatic heterocycles. The van der Waals surface area contributed by atoms with Crippen molar-refractivity contribution in [3.63, 3.8) is 0 Å². The van der Waals surface area contributed by atoms with Gasteiger partial charge in [-0.25, -0.2) is 9.24 Å². The summed E-state index contributed by atoms with van der Waals surface area (Å²) in [5.41, 5.74) is 0.855. The Labute approximate surface area is 70.1 Å². The van der Waals surface area contributed by atoms with Gasteiger partial charge in [-0.1, -0.05) is 12.1 Å². The summed E-state index contributed by atoms with van der Waals surface area (Å²) in [4.78, 5) is 3.09. The zero-order valence-electron chi connectivity index (χ0n) is 5.71. The molecule has 0 aliphatic carbocycles. The maximum Gasteiger partial charge on any atom is 0.190 e. The zero-order valence-corrected chi connectivity index (χ0v) is 6.61. The molecule has 0 saturated heterocycles. The summed E-state index contributed by atoms with van der Waals surface area (Å²) in [5.74, 6) is 0.0120. The van der Waals surface area contributed by atoms with Gasteiger partial charge in [0.2, 0.25) is 0 Å². The Kier molecular flexibility index (Phi) is 2.50. The van der Waals surface area contributed by atoms with Crippen molar-refractivity contribution in [1.29, 1.82) is 0 Å². The normalized spacial score (nSPS) is 9.18. The van der Waals surface area contributed by atoms with Gasteiger partial charge in [0.1, 0.15) is 5.82 Å². The van der Waals surface area contributed by atoms with Crippen molar-refractivity contribution in [2.45, 2.75) is 5.75 Å². The molecule has 0 aliphatic rings. The van der Waals surface area contributed by atoms with Crippen LogP contribution in [-0.4, -0.2) is 0 Å². The average Bonchev–Trinajstić information content (AvgIpc) is 2.04. The van der Waals surface area contributed by atoms with Gasteiger partial charge < -0.3 is 0 Å². The molecule has 0 amide bonds. The zero-order chi connectivity index (χ0) is 8.27. The molecule has 0 atom stereocenters. The second kappa shape index (κ2) is 3.40. The molecule has 56 valence electrons. The van der Waals surface area contributed by atoms with Crippen molar-refractivity contribution in [3.8, 4) is 0 Å². The van der Waals surface area contributed by atoms with Gasteiger partial charge in [-0.15, -0.1) is 0 Å². The standard InChI is InChI=1S/C8H6FNS/c1-10-7-3-2-6(5-11)8(9)4-7/h2-4,11H,5H2. The Morgan fingerprint density at radius 2 is 2.27 bits per heavy atom. The lowest BCUT2D eigenvalue weighted by Gasteiger charge is -1.97. The highest BCUT2D eigenvalue weighted by molar-refractivity contribution is 7.79. The number of halogens is 1. The summed E-state index contributed by atoms with van der Waals surface area (Å²) < 4.78 is 12.8. The third kappa shape index (κ3) is 1.72. The molecule has 1 aromatic carbocycles. The van der Waals surface area contributed by atoms with Crippen molar-refractivity contribution in [1.82, 2.24) is 0 Å². The van der Waals surface area contributed by atoms with Gasteiger partial charge in [0, 0.05) is 5.75 Å². The van der Waals surface area contributed by atoms with Gasteiger partial charge in [-0.3, -0.25) is 0 Å². The minimum Gasteiger partial charge on any atom is -0.238 e. The van der Waals surface area contributed by atoms with Crippen LogP contribution in [0.5, 0.6) is 0 Å². The van der Waals surface area contributed by atoms with E-state index in [1.54, 1.807) is 12.1 Å². The molecule has 1 rings (SSSR count). The maximum absolute atomic E-state index is 12.8. The molecule has 0 N–H and O–H groups in total. The number of rotatable bonds is 1. The van der Waals surface area contributed by atoms with E-state index in [4.69, 9.17) is 6.57 Å². The summed E-state index contributed by atoms with van der Waals surface area (Å²) in [6.45, 7) is 6.61. The second-order valence-electron chi connectivity index (χ2n) is 2.05. The first-order valence-corrected chi connectivity index (χ1v) is 3.68. The first kappa shape index (κ1) is 8.09. The molecule has 11 heavy (non-hydrogen) atoms. The maximum atomic E-state index is 12.8. The van der Waals surface area contributed by atoms with Crippen LogP contribution in [-0.2, 0) is 5.75 Å². The van der Waals surface area contributed by atoms with E-state index in [9.17, 15) is 4.39 Å². The van der Waals surface area contributed by atoms with Crippen molar-refractivity contribution in [2.24, 2.45) is 0 Å². The molecule has 0 heterocycles. The molecule has 0 unspecified atom stereocenters. The van der Waals surface area contributed by atoms with Crippen LogP contribution in [0.4, 0.5) is 10.1 Å². The van der Waals surface area contributed by atoms with E-state index in [-0.39, 0.29) is 5.82 Å². The van der Waals surface area contributed by atoms with Gasteiger partial charge >= 0.3 is 0 Å². The van der Waals surface area contributed by atoms with Crippen molar-refractivity contribution >= 4 is 18.3 Å². The summed E-state index contributed by atoms with van der Waals surface area (Å²) in [6.07, 6.45) is 0. The first-order chi connectivity index (χ1) is 5.27. The number of hydrogen-bond acceptors (Lipinski definition) is 1. The second-order valence-corrected chi connectivity index (χ2v) is 2.36. The Hall–Kier alpha value is -1.01. The SMILES string of the molecule is [C-]#[N+]c1ccc(CS)c(F)c1. The summed E-state index contributed by atoms with van der Waals surface area (Å²) in [6, 6.07) is 4.38. The summed E-state index contributed by atoms with van der Waals surface area (Å²) in [7, 11) is 0. The monoisotopic (exact) mass is 167 g/mol. The molecule has 0 spiro atoms. The van der Waals surface area contributed by atoms with Crippen LogP contribution in [0.15, 0.2) is 18.2 Å². The van der Waals surface area contributed by atoms with Crippen LogP contribution in [0.1, 0.15) is 5.56 Å². The molecule has 0 fully saturated rings. The molecular weight excluding hydrogens is 161 g/mol. The number of hydrogen-bond donors (Lipinski definition) is 1. The lowest BCUT2D eigenvalue weighted by atomic mass is 10.2. The molecule has 1 nitrogen and oxygen atoms in total. The van der Waals surface area contributed by atoms with Gasteiger partial charge in [0.15, 0.2) is 5.69 Å². The predicted molar refractivity (Wildman–Crippen MR) is 45.4 cm³/mol. The first-order valence-electron chi connectivity index (χ1n) is 3.04. The van der Waals surface area contributed by atoms with Crippen LogP contribution >= 0.6 is 12.6 Å². The minimum absolute atomic E-state index is 0.327. The Bertz CT molecular complexity index is 303. The van der Waals surface area contributed by atoms with E-state index >= 15 is 0 Å². The van der Waals surface area contributed by atoms with Gasteiger partial charge in [0.05, 0.1) is 6.57 Å². The number of nitrogens with zero attached hydrogens (tertiary/aromatic N) is 1. The predicted octanol–water partition coefficient (Wildman–Crippen LogP) is 2.81. The van der Waals surface area contributed by atoms with E-state index in [1.807, 2.05) is 0 Å². The lowest BCUT2D eigenvalue weighted by molar-refractivity contribution is 0.618. The number of thiol groups is 1. The Balaban J connectivity index is 3.12. The van der Waals surface area contributed by atoms with Crippen LogP contribution in [0.25, 0.3) is 4.85 Å². The Morgan fingerprint density at radius 3 is 2.73 bits per heavy atom. The van der Waals surface area contributed by atoms with E-state index in [1.165, 1.54) is 6.07 Å². The van der Waals surface area contributed by atoms with Crippen LogP contribution in [0.3, 0.4) is 0 Å². The molecule has 0 bridgehead atoms. The van der Waals surface area contributed by atoms with E-state index in [0.717, 1.165) is 0 Å². The molecule has 3 heteroatoms. The summed E-state index contributed by atoms with van der Waals surface area (Å²) >= 11 is 3.93. The third-order valence-corrected chi connectivity index (χ3v) is 1.68. The molecule has 0 radical (unpaired) electrons. The fourth-order valence-corrected chi connectivity index (χ4v) is 0.990. The smallest absolute Gasteiger partial charge is 0.190 e. The highest BCUT2D eigenvalue weighted by Crippen LogP contribution is 2.17. The van der Waals surface area contributed by atoms with Crippen molar-refractivity contribution in [3.05, 3.63) is 41.0 Å². The topological polar surface area (TPSA) is 4.36 Å². The van der Waals surface area contributed by atoms with Gasteiger partial charge in [-0.05, 0) is 11.6 Å². The van der Waals surface area contributed by atoms with E-state index in [0.29, 0.717) is 17.0 Å². The minimum atomic E-state index is -0.353. The van der Waals surface area contributed by atoms with Crippen LogP contribution in [0, 0.1) is 12.4 Å². The summed E-state index contributed by atoms with van der Waals surface area (Å²) in [5, 5.41) is 0. The van der Waals surface area contributed by atoms with E-state index in [2.05, 4.69) is 17.5 Å². The molecule has 0 saturated carbocycles. The highest BCUT2D eigenvalue weighted by atomic mass is 32.1. The molecule has 0 aliphatic heterocycles. The number of benzene rings is 1. The van der Waals surface area contributed by atoms with Crippen molar-refractivity contribution in [2.75, 3.05) is 0 Å². The highest BCUT2D eigenvalue weighted by Gasteiger charge is 1.99. The third-order valence-electron chi connectivity index (χ3n) is 1.34.